The lowest BCUT2D eigenvalue weighted by Crippen LogP contribution is -1.90. The zero-order valence-corrected chi connectivity index (χ0v) is 8.13. The van der Waals surface area contributed by atoms with Crippen LogP contribution in [0.25, 0.3) is 11.1 Å². The van der Waals surface area contributed by atoms with Crippen molar-refractivity contribution in [3.8, 4) is 11.1 Å². The highest BCUT2D eigenvalue weighted by Crippen LogP contribution is 2.23. The summed E-state index contributed by atoms with van der Waals surface area (Å²) in [4.78, 5) is 10.8. The molecule has 2 rings (SSSR count). The van der Waals surface area contributed by atoms with Crippen molar-refractivity contribution < 1.29 is 9.90 Å². The monoisotopic (exact) mass is 201 g/mol. The molecule has 2 aromatic rings. The lowest BCUT2D eigenvalue weighted by atomic mass is 10.1. The SMILES string of the molecule is O=Cc1cn(CO)cc1-c1ccccc1. The Morgan fingerprint density at radius 2 is 1.93 bits per heavy atom. The van der Waals surface area contributed by atoms with Gasteiger partial charge < -0.3 is 9.67 Å². The van der Waals surface area contributed by atoms with E-state index < -0.39 is 0 Å². The van der Waals surface area contributed by atoms with Crippen LogP contribution in [0.1, 0.15) is 10.4 Å². The summed E-state index contributed by atoms with van der Waals surface area (Å²) in [5, 5.41) is 8.96. The molecule has 0 radical (unpaired) electrons. The van der Waals surface area contributed by atoms with E-state index in [-0.39, 0.29) is 6.73 Å². The molecular weight excluding hydrogens is 190 g/mol. The van der Waals surface area contributed by atoms with Crippen molar-refractivity contribution in [2.75, 3.05) is 0 Å². The third-order valence-corrected chi connectivity index (χ3v) is 2.29. The van der Waals surface area contributed by atoms with Gasteiger partial charge in [0.2, 0.25) is 0 Å². The molecule has 0 aliphatic heterocycles. The van der Waals surface area contributed by atoms with Gasteiger partial charge in [0.05, 0.1) is 0 Å². The van der Waals surface area contributed by atoms with Gasteiger partial charge in [0.1, 0.15) is 6.73 Å². The smallest absolute Gasteiger partial charge is 0.152 e. The van der Waals surface area contributed by atoms with Crippen molar-refractivity contribution in [1.82, 2.24) is 4.57 Å². The van der Waals surface area contributed by atoms with Crippen molar-refractivity contribution in [2.45, 2.75) is 6.73 Å². The van der Waals surface area contributed by atoms with Crippen molar-refractivity contribution in [3.05, 3.63) is 48.3 Å². The number of hydrogen-bond acceptors (Lipinski definition) is 2. The first-order chi connectivity index (χ1) is 7.35. The van der Waals surface area contributed by atoms with Crippen molar-refractivity contribution in [3.63, 3.8) is 0 Å². The normalized spacial score (nSPS) is 10.2. The Balaban J connectivity index is 2.52. The molecule has 0 spiro atoms. The summed E-state index contributed by atoms with van der Waals surface area (Å²) >= 11 is 0. The van der Waals surface area contributed by atoms with Crippen LogP contribution in [0.2, 0.25) is 0 Å². The van der Waals surface area contributed by atoms with Gasteiger partial charge in [-0.2, -0.15) is 0 Å². The number of carbonyl (C=O) groups excluding carboxylic acids is 1. The molecule has 0 atom stereocenters. The summed E-state index contributed by atoms with van der Waals surface area (Å²) in [5.41, 5.74) is 2.42. The summed E-state index contributed by atoms with van der Waals surface area (Å²) in [6.45, 7) is -0.117. The number of aromatic nitrogens is 1. The summed E-state index contributed by atoms with van der Waals surface area (Å²) in [6.07, 6.45) is 4.20. The van der Waals surface area contributed by atoms with Crippen LogP contribution in [0.4, 0.5) is 0 Å². The maximum Gasteiger partial charge on any atom is 0.152 e. The van der Waals surface area contributed by atoms with Crippen LogP contribution in [-0.4, -0.2) is 16.0 Å². The minimum atomic E-state index is -0.117. The van der Waals surface area contributed by atoms with Gasteiger partial charge in [-0.05, 0) is 5.56 Å². The van der Waals surface area contributed by atoms with E-state index in [4.69, 9.17) is 5.11 Å². The number of rotatable bonds is 3. The Morgan fingerprint density at radius 1 is 1.20 bits per heavy atom. The van der Waals surface area contributed by atoms with E-state index in [1.54, 1.807) is 17.0 Å². The number of aliphatic hydroxyl groups is 1. The van der Waals surface area contributed by atoms with Crippen LogP contribution in [-0.2, 0) is 6.73 Å². The van der Waals surface area contributed by atoms with Gasteiger partial charge in [-0.3, -0.25) is 4.79 Å². The first kappa shape index (κ1) is 9.68. The van der Waals surface area contributed by atoms with E-state index in [1.165, 1.54) is 0 Å². The molecule has 0 aliphatic carbocycles. The average Bonchev–Trinajstić information content (AvgIpc) is 2.73. The van der Waals surface area contributed by atoms with E-state index in [2.05, 4.69) is 0 Å². The standard InChI is InChI=1S/C12H11NO2/c14-8-11-6-13(9-15)7-12(11)10-4-2-1-3-5-10/h1-8,15H,9H2. The molecule has 0 unspecified atom stereocenters. The zero-order chi connectivity index (χ0) is 10.7. The molecule has 0 aliphatic rings. The molecule has 0 saturated heterocycles. The number of hydrogen-bond donors (Lipinski definition) is 1. The molecular formula is C12H11NO2. The molecule has 15 heavy (non-hydrogen) atoms. The first-order valence-corrected chi connectivity index (χ1v) is 4.66. The molecule has 3 heteroatoms. The van der Waals surface area contributed by atoms with Gasteiger partial charge in [-0.1, -0.05) is 30.3 Å². The van der Waals surface area contributed by atoms with E-state index in [0.29, 0.717) is 5.56 Å². The van der Waals surface area contributed by atoms with Crippen LogP contribution in [0.3, 0.4) is 0 Å². The Labute approximate surface area is 87.6 Å². The van der Waals surface area contributed by atoms with Gasteiger partial charge in [-0.25, -0.2) is 0 Å². The largest absolute Gasteiger partial charge is 0.376 e. The maximum atomic E-state index is 10.8. The summed E-state index contributed by atoms with van der Waals surface area (Å²) in [6, 6.07) is 9.63. The fourth-order valence-corrected chi connectivity index (χ4v) is 1.56. The highest BCUT2D eigenvalue weighted by molar-refractivity contribution is 5.87. The van der Waals surface area contributed by atoms with Crippen LogP contribution in [0.15, 0.2) is 42.7 Å². The number of nitrogens with zero attached hydrogens (tertiary/aromatic N) is 1. The number of aldehydes is 1. The second-order valence-corrected chi connectivity index (χ2v) is 3.27. The van der Waals surface area contributed by atoms with Crippen LogP contribution >= 0.6 is 0 Å². The van der Waals surface area contributed by atoms with Gasteiger partial charge in [-0.15, -0.1) is 0 Å². The Kier molecular flexibility index (Phi) is 2.65. The van der Waals surface area contributed by atoms with E-state index in [1.807, 2.05) is 30.3 Å². The maximum absolute atomic E-state index is 10.8. The lowest BCUT2D eigenvalue weighted by molar-refractivity contribution is 0.112. The third kappa shape index (κ3) is 1.82. The molecule has 0 amide bonds. The predicted molar refractivity (Wildman–Crippen MR) is 57.5 cm³/mol. The van der Waals surface area contributed by atoms with Crippen LogP contribution in [0, 0.1) is 0 Å². The van der Waals surface area contributed by atoms with Crippen LogP contribution < -0.4 is 0 Å². The molecule has 1 aromatic heterocycles. The van der Waals surface area contributed by atoms with E-state index in [0.717, 1.165) is 17.4 Å². The fraction of sp³-hybridized carbons (Fsp3) is 0.0833. The summed E-state index contributed by atoms with van der Waals surface area (Å²) < 4.78 is 1.58. The summed E-state index contributed by atoms with van der Waals surface area (Å²) in [5.74, 6) is 0. The molecule has 0 fully saturated rings. The lowest BCUT2D eigenvalue weighted by Gasteiger charge is -1.97. The van der Waals surface area contributed by atoms with Gasteiger partial charge in [0, 0.05) is 23.5 Å². The van der Waals surface area contributed by atoms with Crippen molar-refractivity contribution >= 4 is 6.29 Å². The van der Waals surface area contributed by atoms with Crippen molar-refractivity contribution in [1.29, 1.82) is 0 Å². The number of aliphatic hydroxyl groups excluding tert-OH is 1. The van der Waals surface area contributed by atoms with Crippen molar-refractivity contribution in [2.24, 2.45) is 0 Å². The Bertz CT molecular complexity index is 460. The van der Waals surface area contributed by atoms with E-state index >= 15 is 0 Å². The van der Waals surface area contributed by atoms with Gasteiger partial charge >= 0.3 is 0 Å². The highest BCUT2D eigenvalue weighted by atomic mass is 16.3. The summed E-state index contributed by atoms with van der Waals surface area (Å²) in [7, 11) is 0. The Morgan fingerprint density at radius 3 is 2.53 bits per heavy atom. The third-order valence-electron chi connectivity index (χ3n) is 2.29. The fourth-order valence-electron chi connectivity index (χ4n) is 1.56. The molecule has 1 N–H and O–H groups in total. The van der Waals surface area contributed by atoms with Crippen LogP contribution in [0.5, 0.6) is 0 Å². The molecule has 0 bridgehead atoms. The van der Waals surface area contributed by atoms with Gasteiger partial charge in [0.15, 0.2) is 6.29 Å². The highest BCUT2D eigenvalue weighted by Gasteiger charge is 2.07. The molecule has 76 valence electrons. The van der Waals surface area contributed by atoms with E-state index in [9.17, 15) is 4.79 Å². The first-order valence-electron chi connectivity index (χ1n) is 4.66. The quantitative estimate of drug-likeness (QED) is 0.771. The Hall–Kier alpha value is -1.87. The molecule has 3 nitrogen and oxygen atoms in total. The minimum absolute atomic E-state index is 0.117. The molecule has 1 heterocycles. The average molecular weight is 201 g/mol. The zero-order valence-electron chi connectivity index (χ0n) is 8.13. The second-order valence-electron chi connectivity index (χ2n) is 3.27. The van der Waals surface area contributed by atoms with Gasteiger partial charge in [0.25, 0.3) is 0 Å². The topological polar surface area (TPSA) is 42.2 Å². The predicted octanol–water partition coefficient (Wildman–Crippen LogP) is 1.92. The molecule has 1 aromatic carbocycles. The minimum Gasteiger partial charge on any atom is -0.376 e. The molecule has 0 saturated carbocycles. The second kappa shape index (κ2) is 4.11. The number of benzene rings is 1. The number of carbonyl (C=O) groups is 1.